The molecule has 0 N–H and O–H groups in total. The average molecular weight is 161 g/mol. The molecule has 0 aromatic heterocycles. The van der Waals surface area contributed by atoms with Crippen molar-refractivity contribution in [2.24, 2.45) is 0 Å². The molecule has 1 heteroatoms. The summed E-state index contributed by atoms with van der Waals surface area (Å²) in [6.07, 6.45) is 2.24. The molecule has 1 aromatic carbocycles. The SMILES string of the molecule is [2H]C(=O)/C=C/c1ccc(C)c(C)c1. The standard InChI is InChI=1S/C11H12O/c1-9-5-6-11(4-3-7-12)8-10(9)2/h3-8H,1-2H3/b4-3+/i7D. The van der Waals surface area contributed by atoms with Crippen LogP contribution in [-0.4, -0.2) is 6.26 Å². The first-order chi connectivity index (χ1) is 6.09. The van der Waals surface area contributed by atoms with Crippen LogP contribution in [-0.2, 0) is 4.79 Å². The number of benzene rings is 1. The summed E-state index contributed by atoms with van der Waals surface area (Å²) in [5.74, 6) is 0. The molecule has 0 aliphatic carbocycles. The zero-order valence-corrected chi connectivity index (χ0v) is 7.29. The molecule has 0 aliphatic heterocycles. The van der Waals surface area contributed by atoms with Crippen LogP contribution in [0.3, 0.4) is 0 Å². The molecular weight excluding hydrogens is 148 g/mol. The van der Waals surface area contributed by atoms with E-state index in [9.17, 15) is 4.79 Å². The number of rotatable bonds is 2. The van der Waals surface area contributed by atoms with Gasteiger partial charge in [-0.25, -0.2) is 0 Å². The summed E-state index contributed by atoms with van der Waals surface area (Å²) in [6, 6.07) is 5.93. The molecule has 0 heterocycles. The molecule has 0 saturated carbocycles. The van der Waals surface area contributed by atoms with Crippen molar-refractivity contribution in [1.29, 1.82) is 0 Å². The molecule has 0 fully saturated rings. The molecule has 62 valence electrons. The summed E-state index contributed by atoms with van der Waals surface area (Å²) in [6.45, 7) is 4.06. The Morgan fingerprint density at radius 1 is 1.33 bits per heavy atom. The lowest BCUT2D eigenvalue weighted by Crippen LogP contribution is -1.81. The predicted molar refractivity (Wildman–Crippen MR) is 51.0 cm³/mol. The number of aldehydes is 1. The van der Waals surface area contributed by atoms with Crippen molar-refractivity contribution in [2.45, 2.75) is 13.8 Å². The Labute approximate surface area is 74.1 Å². The lowest BCUT2D eigenvalue weighted by molar-refractivity contribution is -0.104. The number of hydrogen-bond donors (Lipinski definition) is 0. The van der Waals surface area contributed by atoms with Gasteiger partial charge >= 0.3 is 0 Å². The topological polar surface area (TPSA) is 17.1 Å². The molecule has 0 aliphatic rings. The molecule has 0 amide bonds. The smallest absolute Gasteiger partial charge is 0.142 e. The van der Waals surface area contributed by atoms with Crippen molar-refractivity contribution in [3.05, 3.63) is 41.0 Å². The Morgan fingerprint density at radius 3 is 2.67 bits per heavy atom. The largest absolute Gasteiger partial charge is 0.299 e. The number of allylic oxidation sites excluding steroid dienone is 1. The minimum absolute atomic E-state index is 0.668. The van der Waals surface area contributed by atoms with Crippen LogP contribution in [0.2, 0.25) is 0 Å². The van der Waals surface area contributed by atoms with Crippen molar-refractivity contribution in [2.75, 3.05) is 0 Å². The fourth-order valence-electron chi connectivity index (χ4n) is 0.999. The second kappa shape index (κ2) is 3.86. The number of carbonyl (C=O) groups excluding carboxylic acids is 1. The summed E-state index contributed by atoms with van der Waals surface area (Å²) in [7, 11) is 0. The van der Waals surface area contributed by atoms with Crippen LogP contribution in [0.1, 0.15) is 18.1 Å². The molecule has 1 rings (SSSR count). The van der Waals surface area contributed by atoms with E-state index in [-0.39, 0.29) is 0 Å². The minimum atomic E-state index is -0.668. The third kappa shape index (κ3) is 2.06. The molecule has 12 heavy (non-hydrogen) atoms. The predicted octanol–water partition coefficient (Wildman–Crippen LogP) is 2.52. The zero-order chi connectivity index (χ0) is 9.84. The van der Waals surface area contributed by atoms with Gasteiger partial charge in [0.05, 0.1) is 0 Å². The van der Waals surface area contributed by atoms with Gasteiger partial charge in [-0.1, -0.05) is 24.3 Å². The Morgan fingerprint density at radius 2 is 2.08 bits per heavy atom. The van der Waals surface area contributed by atoms with Gasteiger partial charge in [-0.3, -0.25) is 4.79 Å². The van der Waals surface area contributed by atoms with Gasteiger partial charge in [-0.2, -0.15) is 0 Å². The van der Waals surface area contributed by atoms with Gasteiger partial charge in [0.1, 0.15) is 7.63 Å². The Bertz CT molecular complexity index is 353. The van der Waals surface area contributed by atoms with Gasteiger partial charge in [-0.05, 0) is 36.6 Å². The van der Waals surface area contributed by atoms with Crippen LogP contribution in [0.25, 0.3) is 6.08 Å². The third-order valence-electron chi connectivity index (χ3n) is 1.87. The summed E-state index contributed by atoms with van der Waals surface area (Å²) in [5, 5.41) is 0. The van der Waals surface area contributed by atoms with Crippen LogP contribution in [0, 0.1) is 13.8 Å². The van der Waals surface area contributed by atoms with Crippen molar-refractivity contribution in [3.8, 4) is 0 Å². The van der Waals surface area contributed by atoms with Gasteiger partial charge in [-0.15, -0.1) is 0 Å². The maximum Gasteiger partial charge on any atom is 0.142 e. The monoisotopic (exact) mass is 161 g/mol. The first-order valence-electron chi connectivity index (χ1n) is 4.35. The highest BCUT2D eigenvalue weighted by molar-refractivity contribution is 5.73. The van der Waals surface area contributed by atoms with Gasteiger partial charge in [0.25, 0.3) is 0 Å². The number of carbonyl (C=O) groups is 1. The Hall–Kier alpha value is -1.37. The highest BCUT2D eigenvalue weighted by atomic mass is 16.1. The first-order valence-corrected chi connectivity index (χ1v) is 3.85. The summed E-state index contributed by atoms with van der Waals surface area (Å²) in [5.41, 5.74) is 3.39. The van der Waals surface area contributed by atoms with Crippen LogP contribution in [0.4, 0.5) is 0 Å². The molecule has 0 atom stereocenters. The lowest BCUT2D eigenvalue weighted by Gasteiger charge is -1.99. The van der Waals surface area contributed by atoms with E-state index in [2.05, 4.69) is 0 Å². The van der Waals surface area contributed by atoms with Gasteiger partial charge in [0, 0.05) is 0 Å². The molecule has 0 bridgehead atoms. The molecule has 0 radical (unpaired) electrons. The highest BCUT2D eigenvalue weighted by Gasteiger charge is 1.91. The Balaban J connectivity index is 2.92. The number of aryl methyl sites for hydroxylation is 2. The van der Waals surface area contributed by atoms with E-state index in [1.807, 2.05) is 32.0 Å². The van der Waals surface area contributed by atoms with Crippen LogP contribution >= 0.6 is 0 Å². The van der Waals surface area contributed by atoms with Crippen molar-refractivity contribution in [1.82, 2.24) is 0 Å². The second-order valence-electron chi connectivity index (χ2n) is 2.79. The van der Waals surface area contributed by atoms with E-state index in [0.717, 1.165) is 5.56 Å². The van der Waals surface area contributed by atoms with Crippen LogP contribution in [0.15, 0.2) is 24.3 Å². The van der Waals surface area contributed by atoms with E-state index in [1.54, 1.807) is 6.08 Å². The van der Waals surface area contributed by atoms with Gasteiger partial charge in [0.15, 0.2) is 0 Å². The fraction of sp³-hybridized carbons (Fsp3) is 0.182. The maximum atomic E-state index is 10.3. The third-order valence-corrected chi connectivity index (χ3v) is 1.87. The Kier molecular flexibility index (Phi) is 2.34. The first kappa shape index (κ1) is 7.29. The molecule has 1 aromatic rings. The second-order valence-corrected chi connectivity index (χ2v) is 2.79. The van der Waals surface area contributed by atoms with Crippen LogP contribution in [0.5, 0.6) is 0 Å². The number of hydrogen-bond acceptors (Lipinski definition) is 1. The normalized spacial score (nSPS) is 11.7. The van der Waals surface area contributed by atoms with Crippen molar-refractivity contribution >= 4 is 12.3 Å². The molecule has 0 saturated heterocycles. The highest BCUT2D eigenvalue weighted by Crippen LogP contribution is 2.10. The van der Waals surface area contributed by atoms with Gasteiger partial charge < -0.3 is 0 Å². The molecule has 0 unspecified atom stereocenters. The van der Waals surface area contributed by atoms with E-state index in [1.165, 1.54) is 17.2 Å². The van der Waals surface area contributed by atoms with Crippen molar-refractivity contribution < 1.29 is 6.17 Å². The van der Waals surface area contributed by atoms with Gasteiger partial charge in [0.2, 0.25) is 0 Å². The minimum Gasteiger partial charge on any atom is -0.299 e. The lowest BCUT2D eigenvalue weighted by atomic mass is 10.1. The quantitative estimate of drug-likeness (QED) is 0.481. The summed E-state index contributed by atoms with van der Waals surface area (Å²) >= 11 is 0. The molecule has 0 spiro atoms. The zero-order valence-electron chi connectivity index (χ0n) is 8.29. The van der Waals surface area contributed by atoms with Crippen LogP contribution < -0.4 is 0 Å². The summed E-state index contributed by atoms with van der Waals surface area (Å²) < 4.78 is 6.70. The molecule has 1 nitrogen and oxygen atoms in total. The van der Waals surface area contributed by atoms with E-state index in [4.69, 9.17) is 1.37 Å². The van der Waals surface area contributed by atoms with E-state index in [0.29, 0.717) is 0 Å². The average Bonchev–Trinajstić information content (AvgIpc) is 2.07. The van der Waals surface area contributed by atoms with E-state index < -0.39 is 6.26 Å². The summed E-state index contributed by atoms with van der Waals surface area (Å²) in [4.78, 5) is 10.3. The maximum absolute atomic E-state index is 10.3. The fourth-order valence-corrected chi connectivity index (χ4v) is 0.999. The van der Waals surface area contributed by atoms with E-state index >= 15 is 0 Å². The molecular formula is C11H12O. The van der Waals surface area contributed by atoms with Crippen molar-refractivity contribution in [3.63, 3.8) is 0 Å².